The summed E-state index contributed by atoms with van der Waals surface area (Å²) >= 11 is 0. The molecule has 6 nitrogen and oxygen atoms in total. The number of carbonyl (C=O) groups is 1. The highest BCUT2D eigenvalue weighted by molar-refractivity contribution is 5.74. The molecule has 2 amide bonds. The summed E-state index contributed by atoms with van der Waals surface area (Å²) in [6.07, 6.45) is 14.5. The molecule has 1 aliphatic carbocycles. The lowest BCUT2D eigenvalue weighted by molar-refractivity contribution is -0.0168. The van der Waals surface area contributed by atoms with Crippen LogP contribution in [0.4, 0.5) is 4.79 Å². The van der Waals surface area contributed by atoms with Crippen molar-refractivity contribution in [3.63, 3.8) is 0 Å². The van der Waals surface area contributed by atoms with E-state index >= 15 is 0 Å². The molecule has 37 heavy (non-hydrogen) atoms. The number of nitrogens with one attached hydrogen (secondary N) is 2. The molecule has 1 saturated carbocycles. The number of nitrogens with zero attached hydrogens (tertiary/aromatic N) is 1. The fraction of sp³-hybridized carbons (Fsp3) is 0.774. The Balaban J connectivity index is 1.58. The topological polar surface area (TPSA) is 62.8 Å². The third kappa shape index (κ3) is 10.9. The summed E-state index contributed by atoms with van der Waals surface area (Å²) in [4.78, 5) is 15.6. The van der Waals surface area contributed by atoms with Gasteiger partial charge in [0, 0.05) is 51.9 Å². The normalized spacial score (nSPS) is 20.5. The van der Waals surface area contributed by atoms with Crippen molar-refractivity contribution in [2.45, 2.75) is 96.1 Å². The maximum atomic E-state index is 13.5. The second-order valence-electron chi connectivity index (χ2n) is 11.2. The zero-order valence-electron chi connectivity index (χ0n) is 23.6. The third-order valence-corrected chi connectivity index (χ3v) is 8.11. The van der Waals surface area contributed by atoms with Crippen LogP contribution in [0.15, 0.2) is 30.3 Å². The van der Waals surface area contributed by atoms with Crippen molar-refractivity contribution < 1.29 is 14.3 Å². The zero-order chi connectivity index (χ0) is 26.1. The number of amides is 2. The van der Waals surface area contributed by atoms with Crippen molar-refractivity contribution in [2.24, 2.45) is 11.8 Å². The molecular weight excluding hydrogens is 462 g/mol. The molecule has 3 atom stereocenters. The SMILES string of the molecule is CCCCCNCC(CC1CCCCC1)NC(=O)N1CCC[C@@H]([C@@H](OCCCOC)c2ccccc2)C1. The fourth-order valence-corrected chi connectivity index (χ4v) is 6.06. The van der Waals surface area contributed by atoms with Gasteiger partial charge in [0.25, 0.3) is 0 Å². The summed E-state index contributed by atoms with van der Waals surface area (Å²) in [7, 11) is 1.73. The summed E-state index contributed by atoms with van der Waals surface area (Å²) in [5.41, 5.74) is 1.21. The molecule has 1 heterocycles. The van der Waals surface area contributed by atoms with Gasteiger partial charge in [-0.3, -0.25) is 0 Å². The number of hydrogen-bond acceptors (Lipinski definition) is 4. The summed E-state index contributed by atoms with van der Waals surface area (Å²) in [5, 5.41) is 7.09. The van der Waals surface area contributed by atoms with Crippen LogP contribution < -0.4 is 10.6 Å². The Hall–Kier alpha value is -1.63. The number of benzene rings is 1. The smallest absolute Gasteiger partial charge is 0.317 e. The van der Waals surface area contributed by atoms with Gasteiger partial charge in [-0.1, -0.05) is 82.2 Å². The number of urea groups is 1. The number of unbranched alkanes of at least 4 members (excludes halogenated alkanes) is 2. The largest absolute Gasteiger partial charge is 0.385 e. The van der Waals surface area contributed by atoms with Gasteiger partial charge in [0.1, 0.15) is 0 Å². The third-order valence-electron chi connectivity index (χ3n) is 8.11. The molecule has 0 radical (unpaired) electrons. The molecule has 1 aromatic carbocycles. The minimum Gasteiger partial charge on any atom is -0.385 e. The van der Waals surface area contributed by atoms with Gasteiger partial charge in [-0.2, -0.15) is 0 Å². The average Bonchev–Trinajstić information content (AvgIpc) is 2.94. The average molecular weight is 516 g/mol. The van der Waals surface area contributed by atoms with E-state index in [0.717, 1.165) is 57.8 Å². The van der Waals surface area contributed by atoms with Crippen LogP contribution >= 0.6 is 0 Å². The predicted molar refractivity (Wildman–Crippen MR) is 152 cm³/mol. The monoisotopic (exact) mass is 515 g/mol. The number of piperidine rings is 1. The zero-order valence-corrected chi connectivity index (χ0v) is 23.6. The van der Waals surface area contributed by atoms with E-state index < -0.39 is 0 Å². The second kappa shape index (κ2) is 17.8. The maximum absolute atomic E-state index is 13.5. The van der Waals surface area contributed by atoms with Gasteiger partial charge in [-0.15, -0.1) is 0 Å². The molecule has 2 fully saturated rings. The van der Waals surface area contributed by atoms with Crippen LogP contribution in [0.1, 0.15) is 95.6 Å². The molecule has 2 aliphatic rings. The van der Waals surface area contributed by atoms with Crippen LogP contribution in [0.25, 0.3) is 0 Å². The Kier molecular flexibility index (Phi) is 14.4. The number of likely N-dealkylation sites (tertiary alicyclic amines) is 1. The lowest BCUT2D eigenvalue weighted by atomic mass is 9.84. The number of hydrogen-bond donors (Lipinski definition) is 2. The molecule has 3 rings (SSSR count). The van der Waals surface area contributed by atoms with Crippen LogP contribution in [0, 0.1) is 11.8 Å². The van der Waals surface area contributed by atoms with Crippen LogP contribution in [-0.4, -0.2) is 63.5 Å². The van der Waals surface area contributed by atoms with Gasteiger partial charge in [0.05, 0.1) is 6.10 Å². The van der Waals surface area contributed by atoms with Crippen molar-refractivity contribution in [3.8, 4) is 0 Å². The van der Waals surface area contributed by atoms with E-state index in [1.165, 1.54) is 56.9 Å². The second-order valence-corrected chi connectivity index (χ2v) is 11.2. The van der Waals surface area contributed by atoms with E-state index in [2.05, 4.69) is 47.9 Å². The lowest BCUT2D eigenvalue weighted by Gasteiger charge is -2.38. The Morgan fingerprint density at radius 2 is 1.84 bits per heavy atom. The Morgan fingerprint density at radius 3 is 2.59 bits per heavy atom. The van der Waals surface area contributed by atoms with Gasteiger partial charge in [-0.25, -0.2) is 4.79 Å². The number of rotatable bonds is 16. The van der Waals surface area contributed by atoms with E-state index in [-0.39, 0.29) is 18.2 Å². The number of ether oxygens (including phenoxy) is 2. The highest BCUT2D eigenvalue weighted by Crippen LogP contribution is 2.33. The van der Waals surface area contributed by atoms with Crippen molar-refractivity contribution >= 4 is 6.03 Å². The van der Waals surface area contributed by atoms with Crippen molar-refractivity contribution in [1.82, 2.24) is 15.5 Å². The summed E-state index contributed by atoms with van der Waals surface area (Å²) in [6, 6.07) is 10.8. The Labute approximate surface area is 226 Å². The standard InChI is InChI=1S/C31H53N3O3/c1-3-4-11-19-32-24-29(23-26-14-7-5-8-15-26)33-31(35)34-20-12-18-28(25-34)30(37-22-13-21-36-2)27-16-9-6-10-17-27/h6,9-10,16-17,26,28-30,32H,3-5,7-8,11-15,18-25H2,1-2H3,(H,33,35)/t28-,29?,30+/m1/s1. The first-order valence-corrected chi connectivity index (χ1v) is 15.1. The van der Waals surface area contributed by atoms with Gasteiger partial charge in [0.15, 0.2) is 0 Å². The summed E-state index contributed by atoms with van der Waals surface area (Å²) in [5.74, 6) is 1.04. The first kappa shape index (κ1) is 29.9. The van der Waals surface area contributed by atoms with Gasteiger partial charge in [-0.05, 0) is 50.1 Å². The minimum atomic E-state index is 0.00641. The van der Waals surface area contributed by atoms with Crippen LogP contribution in [-0.2, 0) is 9.47 Å². The molecule has 1 aromatic rings. The summed E-state index contributed by atoms with van der Waals surface area (Å²) in [6.45, 7) is 7.10. The van der Waals surface area contributed by atoms with Gasteiger partial charge < -0.3 is 25.0 Å². The molecule has 210 valence electrons. The van der Waals surface area contributed by atoms with E-state index in [9.17, 15) is 4.79 Å². The number of carbonyl (C=O) groups excluding carboxylic acids is 1. The van der Waals surface area contributed by atoms with Crippen LogP contribution in [0.3, 0.4) is 0 Å². The highest BCUT2D eigenvalue weighted by atomic mass is 16.5. The highest BCUT2D eigenvalue weighted by Gasteiger charge is 2.32. The first-order chi connectivity index (χ1) is 18.2. The van der Waals surface area contributed by atoms with Crippen molar-refractivity contribution in [2.75, 3.05) is 46.5 Å². The van der Waals surface area contributed by atoms with Gasteiger partial charge in [0.2, 0.25) is 0 Å². The minimum absolute atomic E-state index is 0.00641. The van der Waals surface area contributed by atoms with Crippen molar-refractivity contribution in [1.29, 1.82) is 0 Å². The molecule has 0 bridgehead atoms. The van der Waals surface area contributed by atoms with Crippen LogP contribution in [0.5, 0.6) is 0 Å². The first-order valence-electron chi connectivity index (χ1n) is 15.1. The Bertz CT molecular complexity index is 726. The number of methoxy groups -OCH3 is 1. The molecule has 1 unspecified atom stereocenters. The summed E-state index contributed by atoms with van der Waals surface area (Å²) < 4.78 is 11.6. The fourth-order valence-electron chi connectivity index (χ4n) is 6.06. The molecule has 0 spiro atoms. The molecule has 1 aliphatic heterocycles. The maximum Gasteiger partial charge on any atom is 0.317 e. The van der Waals surface area contributed by atoms with E-state index in [1.807, 2.05) is 4.90 Å². The predicted octanol–water partition coefficient (Wildman–Crippen LogP) is 6.32. The van der Waals surface area contributed by atoms with E-state index in [4.69, 9.17) is 9.47 Å². The van der Waals surface area contributed by atoms with Gasteiger partial charge >= 0.3 is 6.03 Å². The quantitative estimate of drug-likeness (QED) is 0.253. The molecule has 1 saturated heterocycles. The van der Waals surface area contributed by atoms with Crippen LogP contribution in [0.2, 0.25) is 0 Å². The van der Waals surface area contributed by atoms with E-state index in [0.29, 0.717) is 19.1 Å². The molecule has 0 aromatic heterocycles. The lowest BCUT2D eigenvalue weighted by Crippen LogP contribution is -2.52. The molecule has 2 N–H and O–H groups in total. The molecule has 6 heteroatoms. The van der Waals surface area contributed by atoms with Crippen molar-refractivity contribution in [3.05, 3.63) is 35.9 Å². The Morgan fingerprint density at radius 1 is 1.03 bits per heavy atom. The van der Waals surface area contributed by atoms with E-state index in [1.54, 1.807) is 7.11 Å². The molecular formula is C31H53N3O3.